The zero-order valence-electron chi connectivity index (χ0n) is 12.4. The lowest BCUT2D eigenvalue weighted by Crippen LogP contribution is -2.17. The van der Waals surface area contributed by atoms with Gasteiger partial charge in [0.1, 0.15) is 5.75 Å². The topological polar surface area (TPSA) is 35.5 Å². The van der Waals surface area contributed by atoms with Gasteiger partial charge in [0.05, 0.1) is 6.61 Å². The van der Waals surface area contributed by atoms with Crippen LogP contribution in [0.2, 0.25) is 0 Å². The van der Waals surface area contributed by atoms with E-state index in [0.29, 0.717) is 18.3 Å². The molecule has 3 heteroatoms. The van der Waals surface area contributed by atoms with E-state index in [0.717, 1.165) is 25.7 Å². The van der Waals surface area contributed by atoms with Crippen LogP contribution in [0.5, 0.6) is 5.75 Å². The highest BCUT2D eigenvalue weighted by Crippen LogP contribution is 2.15. The van der Waals surface area contributed by atoms with Gasteiger partial charge in [-0.2, -0.15) is 0 Å². The first kappa shape index (κ1) is 16.3. The molecule has 1 rings (SSSR count). The zero-order valence-corrected chi connectivity index (χ0v) is 12.4. The normalized spacial score (nSPS) is 11.7. The second-order valence-corrected chi connectivity index (χ2v) is 4.85. The minimum atomic E-state index is -0.483. The molecule has 20 heavy (non-hydrogen) atoms. The van der Waals surface area contributed by atoms with Gasteiger partial charge in [0.15, 0.2) is 0 Å². The molecule has 0 fully saturated rings. The summed E-state index contributed by atoms with van der Waals surface area (Å²) in [6, 6.07) is 9.11. The first-order chi connectivity index (χ1) is 9.67. The summed E-state index contributed by atoms with van der Waals surface area (Å²) >= 11 is 0. The van der Waals surface area contributed by atoms with E-state index in [-0.39, 0.29) is 5.76 Å². The van der Waals surface area contributed by atoms with Gasteiger partial charge in [0.2, 0.25) is 5.76 Å². The van der Waals surface area contributed by atoms with Gasteiger partial charge in [-0.05, 0) is 31.1 Å². The van der Waals surface area contributed by atoms with E-state index in [1.165, 1.54) is 0 Å². The van der Waals surface area contributed by atoms with Crippen molar-refractivity contribution in [1.82, 2.24) is 0 Å². The lowest BCUT2D eigenvalue weighted by molar-refractivity contribution is -0.143. The third-order valence-electron chi connectivity index (χ3n) is 3.21. The van der Waals surface area contributed by atoms with Crippen LogP contribution < -0.4 is 4.74 Å². The van der Waals surface area contributed by atoms with Crippen LogP contribution in [0.3, 0.4) is 0 Å². The molecule has 0 aliphatic rings. The van der Waals surface area contributed by atoms with Gasteiger partial charge in [0, 0.05) is 0 Å². The highest BCUT2D eigenvalue weighted by atomic mass is 16.6. The monoisotopic (exact) mass is 276 g/mol. The molecule has 0 aliphatic heterocycles. The summed E-state index contributed by atoms with van der Waals surface area (Å²) in [6.07, 6.45) is 4.43. The van der Waals surface area contributed by atoms with Crippen molar-refractivity contribution >= 4 is 5.97 Å². The summed E-state index contributed by atoms with van der Waals surface area (Å²) in [5.74, 6) is 0.557. The van der Waals surface area contributed by atoms with Crippen LogP contribution in [0.25, 0.3) is 0 Å². The summed E-state index contributed by atoms with van der Waals surface area (Å²) in [4.78, 5) is 11.8. The average molecular weight is 276 g/mol. The fourth-order valence-electron chi connectivity index (χ4n) is 1.84. The van der Waals surface area contributed by atoms with Crippen molar-refractivity contribution in [3.8, 4) is 5.75 Å². The number of para-hydroxylation sites is 1. The van der Waals surface area contributed by atoms with Crippen molar-refractivity contribution in [1.29, 1.82) is 0 Å². The van der Waals surface area contributed by atoms with E-state index in [1.54, 1.807) is 12.1 Å². The Balaban J connectivity index is 2.36. The minimum absolute atomic E-state index is 0.0292. The molecule has 1 aromatic carbocycles. The molecule has 0 saturated carbocycles. The van der Waals surface area contributed by atoms with Gasteiger partial charge in [-0.15, -0.1) is 0 Å². The van der Waals surface area contributed by atoms with Crippen LogP contribution in [0.15, 0.2) is 42.7 Å². The maximum Gasteiger partial charge on any atom is 0.373 e. The van der Waals surface area contributed by atoms with E-state index in [9.17, 15) is 4.79 Å². The smallest absolute Gasteiger partial charge is 0.373 e. The number of carbonyl (C=O) groups excluding carboxylic acids is 1. The Bertz CT molecular complexity index is 412. The molecule has 0 radical (unpaired) electrons. The summed E-state index contributed by atoms with van der Waals surface area (Å²) in [6.45, 7) is 8.33. The van der Waals surface area contributed by atoms with Gasteiger partial charge >= 0.3 is 5.97 Å². The molecule has 1 unspecified atom stereocenters. The largest absolute Gasteiger partial charge is 0.460 e. The highest BCUT2D eigenvalue weighted by Gasteiger charge is 2.14. The van der Waals surface area contributed by atoms with Crippen LogP contribution in [-0.2, 0) is 9.53 Å². The third-order valence-corrected chi connectivity index (χ3v) is 3.21. The van der Waals surface area contributed by atoms with Crippen molar-refractivity contribution in [3.63, 3.8) is 0 Å². The SMILES string of the molecule is C=C(Oc1ccccc1)C(=O)OCC(CC)CCCC. The lowest BCUT2D eigenvalue weighted by Gasteiger charge is -2.15. The molecule has 0 aromatic heterocycles. The van der Waals surface area contributed by atoms with Gasteiger partial charge in [-0.1, -0.05) is 51.3 Å². The Morgan fingerprint density at radius 3 is 2.55 bits per heavy atom. The predicted octanol–water partition coefficient (Wildman–Crippen LogP) is 4.34. The zero-order chi connectivity index (χ0) is 14.8. The van der Waals surface area contributed by atoms with Crippen molar-refractivity contribution in [3.05, 3.63) is 42.7 Å². The Labute approximate surface area is 121 Å². The van der Waals surface area contributed by atoms with Crippen LogP contribution in [0.1, 0.15) is 39.5 Å². The van der Waals surface area contributed by atoms with Gasteiger partial charge in [0.25, 0.3) is 0 Å². The first-order valence-electron chi connectivity index (χ1n) is 7.26. The number of rotatable bonds is 9. The molecule has 0 amide bonds. The molecule has 110 valence electrons. The highest BCUT2D eigenvalue weighted by molar-refractivity contribution is 5.86. The van der Waals surface area contributed by atoms with Crippen molar-refractivity contribution < 1.29 is 14.3 Å². The fourth-order valence-corrected chi connectivity index (χ4v) is 1.84. The molecule has 1 aromatic rings. The Hall–Kier alpha value is -1.77. The number of hydrogen-bond acceptors (Lipinski definition) is 3. The number of benzene rings is 1. The van der Waals surface area contributed by atoms with E-state index >= 15 is 0 Å². The molecule has 0 aliphatic carbocycles. The summed E-state index contributed by atoms with van der Waals surface area (Å²) in [7, 11) is 0. The number of hydrogen-bond donors (Lipinski definition) is 0. The van der Waals surface area contributed by atoms with Gasteiger partial charge in [-0.3, -0.25) is 0 Å². The third kappa shape index (κ3) is 5.91. The van der Waals surface area contributed by atoms with Gasteiger partial charge in [-0.25, -0.2) is 4.79 Å². The fraction of sp³-hybridized carbons (Fsp3) is 0.471. The standard InChI is InChI=1S/C17H24O3/c1-4-6-10-15(5-2)13-19-17(18)14(3)20-16-11-8-7-9-12-16/h7-9,11-12,15H,3-6,10,13H2,1-2H3. The van der Waals surface area contributed by atoms with Crippen LogP contribution in [0.4, 0.5) is 0 Å². The van der Waals surface area contributed by atoms with E-state index < -0.39 is 5.97 Å². The molecule has 0 heterocycles. The van der Waals surface area contributed by atoms with E-state index in [2.05, 4.69) is 20.4 Å². The molecule has 1 atom stereocenters. The van der Waals surface area contributed by atoms with Crippen LogP contribution >= 0.6 is 0 Å². The quantitative estimate of drug-likeness (QED) is 0.382. The maximum atomic E-state index is 11.8. The number of ether oxygens (including phenoxy) is 2. The van der Waals surface area contributed by atoms with Crippen molar-refractivity contribution in [2.45, 2.75) is 39.5 Å². The van der Waals surface area contributed by atoms with Crippen molar-refractivity contribution in [2.75, 3.05) is 6.61 Å². The molecule has 0 spiro atoms. The second kappa shape index (κ2) is 9.18. The maximum absolute atomic E-state index is 11.8. The number of esters is 1. The molecule has 0 N–H and O–H groups in total. The molecule has 0 saturated heterocycles. The summed E-state index contributed by atoms with van der Waals surface area (Å²) < 4.78 is 10.6. The Morgan fingerprint density at radius 1 is 1.25 bits per heavy atom. The number of carbonyl (C=O) groups is 1. The first-order valence-corrected chi connectivity index (χ1v) is 7.26. The van der Waals surface area contributed by atoms with Crippen LogP contribution in [0, 0.1) is 5.92 Å². The summed E-state index contributed by atoms with van der Waals surface area (Å²) in [5, 5.41) is 0. The molecular formula is C17H24O3. The summed E-state index contributed by atoms with van der Waals surface area (Å²) in [5.41, 5.74) is 0. The van der Waals surface area contributed by atoms with Crippen molar-refractivity contribution in [2.24, 2.45) is 5.92 Å². The van der Waals surface area contributed by atoms with Crippen LogP contribution in [-0.4, -0.2) is 12.6 Å². The number of unbranched alkanes of at least 4 members (excludes halogenated alkanes) is 1. The molecular weight excluding hydrogens is 252 g/mol. The molecule has 3 nitrogen and oxygen atoms in total. The van der Waals surface area contributed by atoms with E-state index in [4.69, 9.17) is 9.47 Å². The molecule has 0 bridgehead atoms. The Morgan fingerprint density at radius 2 is 1.95 bits per heavy atom. The van der Waals surface area contributed by atoms with E-state index in [1.807, 2.05) is 18.2 Å². The lowest BCUT2D eigenvalue weighted by atomic mass is 10.0. The minimum Gasteiger partial charge on any atom is -0.460 e. The Kier molecular flexibility index (Phi) is 7.48. The second-order valence-electron chi connectivity index (χ2n) is 4.85. The average Bonchev–Trinajstić information content (AvgIpc) is 2.48. The predicted molar refractivity (Wildman–Crippen MR) is 80.5 cm³/mol. The van der Waals surface area contributed by atoms with Gasteiger partial charge < -0.3 is 9.47 Å².